The van der Waals surface area contributed by atoms with Crippen molar-refractivity contribution in [2.75, 3.05) is 5.32 Å². The topological polar surface area (TPSA) is 96.5 Å². The maximum Gasteiger partial charge on any atom is 0.426 e. The van der Waals surface area contributed by atoms with E-state index in [9.17, 15) is 18.8 Å². The van der Waals surface area contributed by atoms with Crippen LogP contribution in [0.15, 0.2) is 42.5 Å². The van der Waals surface area contributed by atoms with Crippen LogP contribution in [0.1, 0.15) is 54.0 Å². The van der Waals surface area contributed by atoms with Gasteiger partial charge in [-0.3, -0.25) is 15.0 Å². The summed E-state index contributed by atoms with van der Waals surface area (Å²) in [5.41, 5.74) is 5.10. The van der Waals surface area contributed by atoms with E-state index in [-0.39, 0.29) is 5.56 Å². The molecule has 0 saturated carbocycles. The highest BCUT2D eigenvalue weighted by Crippen LogP contribution is 2.18. The molecule has 0 fully saturated rings. The Hall–Kier alpha value is -3.42. The van der Waals surface area contributed by atoms with Crippen LogP contribution in [-0.4, -0.2) is 23.5 Å². The largest absolute Gasteiger partial charge is 0.443 e. The van der Waals surface area contributed by atoms with Crippen LogP contribution in [0.2, 0.25) is 0 Å². The number of rotatable bonds is 4. The van der Waals surface area contributed by atoms with Gasteiger partial charge in [-0.1, -0.05) is 19.1 Å². The molecule has 0 aliphatic rings. The van der Waals surface area contributed by atoms with E-state index >= 15 is 0 Å². The zero-order valence-electron chi connectivity index (χ0n) is 16.8. The van der Waals surface area contributed by atoms with Gasteiger partial charge >= 0.3 is 6.09 Å². The molecule has 0 aliphatic heterocycles. The molecule has 0 aromatic heterocycles. The lowest BCUT2D eigenvalue weighted by molar-refractivity contribution is 0.0483. The minimum atomic E-state index is -0.780. The van der Waals surface area contributed by atoms with Crippen LogP contribution in [0, 0.1) is 5.82 Å². The smallest absolute Gasteiger partial charge is 0.426 e. The number of benzene rings is 2. The molecule has 0 atom stereocenters. The number of hydrogen-bond donors (Lipinski definition) is 3. The second-order valence-corrected chi connectivity index (χ2v) is 7.24. The third-order valence-corrected chi connectivity index (χ3v) is 3.78. The normalized spacial score (nSPS) is 10.8. The Morgan fingerprint density at radius 3 is 2.28 bits per heavy atom. The van der Waals surface area contributed by atoms with E-state index < -0.39 is 29.3 Å². The molecular formula is C21H24FN3O4. The molecule has 29 heavy (non-hydrogen) atoms. The molecule has 0 saturated heterocycles. The molecule has 0 unspecified atom stereocenters. The third kappa shape index (κ3) is 6.31. The molecule has 2 aromatic carbocycles. The van der Waals surface area contributed by atoms with Gasteiger partial charge in [-0.2, -0.15) is 0 Å². The van der Waals surface area contributed by atoms with E-state index in [1.165, 1.54) is 30.3 Å². The highest BCUT2D eigenvalue weighted by molar-refractivity contribution is 6.05. The summed E-state index contributed by atoms with van der Waals surface area (Å²) in [6.45, 7) is 6.96. The van der Waals surface area contributed by atoms with Crippen molar-refractivity contribution < 1.29 is 23.5 Å². The highest BCUT2D eigenvalue weighted by atomic mass is 19.1. The molecular weight excluding hydrogens is 377 g/mol. The number of nitrogens with one attached hydrogen (secondary N) is 3. The van der Waals surface area contributed by atoms with E-state index in [0.717, 1.165) is 0 Å². The number of aryl methyl sites for hydroxylation is 1. The number of hydrazine groups is 1. The van der Waals surface area contributed by atoms with Crippen LogP contribution in [0.4, 0.5) is 14.9 Å². The van der Waals surface area contributed by atoms with E-state index in [1.54, 1.807) is 32.9 Å². The summed E-state index contributed by atoms with van der Waals surface area (Å²) in [5.74, 6) is -1.74. The maximum absolute atomic E-state index is 13.8. The minimum absolute atomic E-state index is 0.0751. The van der Waals surface area contributed by atoms with Gasteiger partial charge in [0.25, 0.3) is 11.8 Å². The second-order valence-electron chi connectivity index (χ2n) is 7.24. The Balaban J connectivity index is 2.08. The fourth-order valence-corrected chi connectivity index (χ4v) is 2.51. The maximum atomic E-state index is 13.8. The number of amides is 3. The Labute approximate surface area is 168 Å². The van der Waals surface area contributed by atoms with Crippen LogP contribution in [0.3, 0.4) is 0 Å². The fourth-order valence-electron chi connectivity index (χ4n) is 2.51. The van der Waals surface area contributed by atoms with Gasteiger partial charge in [0.05, 0.1) is 5.56 Å². The Kier molecular flexibility index (Phi) is 6.93. The summed E-state index contributed by atoms with van der Waals surface area (Å²) < 4.78 is 18.8. The molecule has 3 N–H and O–H groups in total. The van der Waals surface area contributed by atoms with Crippen molar-refractivity contribution in [2.24, 2.45) is 0 Å². The average molecular weight is 401 g/mol. The number of anilines is 1. The SMILES string of the molecule is CCc1cc(NC(=O)c2ccccc2F)ccc1C(=O)NNC(=O)OC(C)(C)C. The monoisotopic (exact) mass is 401 g/mol. The predicted octanol–water partition coefficient (Wildman–Crippen LogP) is 3.81. The fraction of sp³-hybridized carbons (Fsp3) is 0.286. The number of carbonyl (C=O) groups is 3. The van der Waals surface area contributed by atoms with Crippen molar-refractivity contribution in [1.82, 2.24) is 10.9 Å². The molecule has 7 nitrogen and oxygen atoms in total. The molecule has 2 aromatic rings. The summed E-state index contributed by atoms with van der Waals surface area (Å²) in [5, 5.41) is 2.62. The average Bonchev–Trinajstić information content (AvgIpc) is 2.65. The molecule has 0 aliphatic carbocycles. The number of hydrogen-bond acceptors (Lipinski definition) is 4. The van der Waals surface area contributed by atoms with Crippen LogP contribution in [0.25, 0.3) is 0 Å². The summed E-state index contributed by atoms with van der Waals surface area (Å²) >= 11 is 0. The molecule has 154 valence electrons. The van der Waals surface area contributed by atoms with Crippen molar-refractivity contribution in [2.45, 2.75) is 39.7 Å². The van der Waals surface area contributed by atoms with Gasteiger partial charge < -0.3 is 10.1 Å². The molecule has 3 amide bonds. The van der Waals surface area contributed by atoms with Gasteiger partial charge in [-0.25, -0.2) is 14.6 Å². The summed E-state index contributed by atoms with van der Waals surface area (Å²) in [7, 11) is 0. The molecule has 0 radical (unpaired) electrons. The van der Waals surface area contributed by atoms with Crippen LogP contribution >= 0.6 is 0 Å². The van der Waals surface area contributed by atoms with E-state index in [2.05, 4.69) is 16.2 Å². The molecule has 2 rings (SSSR count). The predicted molar refractivity (Wildman–Crippen MR) is 107 cm³/mol. The molecule has 0 bridgehead atoms. The first kappa shape index (κ1) is 21.9. The minimum Gasteiger partial charge on any atom is -0.443 e. The van der Waals surface area contributed by atoms with Crippen LogP contribution < -0.4 is 16.2 Å². The van der Waals surface area contributed by atoms with Crippen molar-refractivity contribution in [3.63, 3.8) is 0 Å². The summed E-state index contributed by atoms with van der Waals surface area (Å²) in [4.78, 5) is 36.3. The van der Waals surface area contributed by atoms with Gasteiger partial charge in [0.2, 0.25) is 0 Å². The summed E-state index contributed by atoms with van der Waals surface area (Å²) in [6.07, 6.45) is -0.281. The van der Waals surface area contributed by atoms with Crippen molar-refractivity contribution in [1.29, 1.82) is 0 Å². The Morgan fingerprint density at radius 2 is 1.66 bits per heavy atom. The lowest BCUT2D eigenvalue weighted by atomic mass is 10.0. The zero-order chi connectivity index (χ0) is 21.6. The highest BCUT2D eigenvalue weighted by Gasteiger charge is 2.18. The molecule has 0 spiro atoms. The van der Waals surface area contributed by atoms with Gasteiger partial charge in [0.1, 0.15) is 11.4 Å². The van der Waals surface area contributed by atoms with Gasteiger partial charge in [0.15, 0.2) is 0 Å². The second kappa shape index (κ2) is 9.18. The van der Waals surface area contributed by atoms with E-state index in [4.69, 9.17) is 4.74 Å². The van der Waals surface area contributed by atoms with Crippen LogP contribution in [-0.2, 0) is 11.2 Å². The first-order valence-corrected chi connectivity index (χ1v) is 9.09. The van der Waals surface area contributed by atoms with Gasteiger partial charge in [-0.15, -0.1) is 0 Å². The standard InChI is InChI=1S/C21H24FN3O4/c1-5-13-12-14(23-18(26)16-8-6-7-9-17(16)22)10-11-15(13)19(27)24-25-20(28)29-21(2,3)4/h6-12H,5H2,1-4H3,(H,23,26)(H,24,27)(H,25,28). The zero-order valence-corrected chi connectivity index (χ0v) is 16.8. The first-order chi connectivity index (χ1) is 13.6. The lowest BCUT2D eigenvalue weighted by Gasteiger charge is -2.20. The summed E-state index contributed by atoms with van der Waals surface area (Å²) in [6, 6.07) is 10.3. The van der Waals surface area contributed by atoms with Crippen molar-refractivity contribution >= 4 is 23.6 Å². The third-order valence-electron chi connectivity index (χ3n) is 3.78. The van der Waals surface area contributed by atoms with E-state index in [0.29, 0.717) is 23.2 Å². The van der Waals surface area contributed by atoms with Gasteiger partial charge in [-0.05, 0) is 63.1 Å². The number of halogens is 1. The Bertz CT molecular complexity index is 922. The number of ether oxygens (including phenoxy) is 1. The van der Waals surface area contributed by atoms with Crippen LogP contribution in [0.5, 0.6) is 0 Å². The lowest BCUT2D eigenvalue weighted by Crippen LogP contribution is -2.44. The van der Waals surface area contributed by atoms with E-state index in [1.807, 2.05) is 6.92 Å². The van der Waals surface area contributed by atoms with Crippen molar-refractivity contribution in [3.05, 3.63) is 65.0 Å². The van der Waals surface area contributed by atoms with Crippen molar-refractivity contribution in [3.8, 4) is 0 Å². The number of carbonyl (C=O) groups excluding carboxylic acids is 3. The first-order valence-electron chi connectivity index (χ1n) is 9.09. The molecule has 0 heterocycles. The Morgan fingerprint density at radius 1 is 0.966 bits per heavy atom. The molecule has 8 heteroatoms. The quantitative estimate of drug-likeness (QED) is 0.679. The van der Waals surface area contributed by atoms with Gasteiger partial charge in [0, 0.05) is 11.3 Å².